The van der Waals surface area contributed by atoms with Gasteiger partial charge in [-0.25, -0.2) is 0 Å². The first-order valence-corrected chi connectivity index (χ1v) is 6.94. The second-order valence-electron chi connectivity index (χ2n) is 5.47. The molecule has 0 aliphatic carbocycles. The molecule has 0 spiro atoms. The van der Waals surface area contributed by atoms with E-state index in [1.54, 1.807) is 0 Å². The van der Waals surface area contributed by atoms with Crippen molar-refractivity contribution in [1.82, 2.24) is 10.2 Å². The van der Waals surface area contributed by atoms with Crippen LogP contribution in [0.1, 0.15) is 36.9 Å². The molecule has 1 aromatic carbocycles. The van der Waals surface area contributed by atoms with Crippen LogP contribution in [-0.4, -0.2) is 15.3 Å². The normalized spacial score (nSPS) is 11.6. The largest absolute Gasteiger partial charge is 0.429 e. The third-order valence-electron chi connectivity index (χ3n) is 2.73. The number of aromatic nitrogens is 2. The maximum Gasteiger partial charge on any atom is 0.299 e. The van der Waals surface area contributed by atoms with Gasteiger partial charge in [0.25, 0.3) is 5.19 Å². The van der Waals surface area contributed by atoms with Crippen LogP contribution < -0.4 is 4.74 Å². The predicted octanol–water partition coefficient (Wildman–Crippen LogP) is 3.43. The monoisotopic (exact) mass is 278 g/mol. The fourth-order valence-corrected chi connectivity index (χ4v) is 2.33. The Morgan fingerprint density at radius 1 is 1.26 bits per heavy atom. The van der Waals surface area contributed by atoms with E-state index in [4.69, 9.17) is 9.84 Å². The molecule has 0 saturated heterocycles. The summed E-state index contributed by atoms with van der Waals surface area (Å²) in [7, 11) is 0. The van der Waals surface area contributed by atoms with Crippen LogP contribution in [0, 0.1) is 6.92 Å². The van der Waals surface area contributed by atoms with E-state index < -0.39 is 0 Å². The Kier molecular flexibility index (Phi) is 3.87. The lowest BCUT2D eigenvalue weighted by atomic mass is 9.86. The van der Waals surface area contributed by atoms with Gasteiger partial charge < -0.3 is 9.84 Å². The molecular weight excluding hydrogens is 260 g/mol. The van der Waals surface area contributed by atoms with Crippen LogP contribution in [0.2, 0.25) is 0 Å². The number of ether oxygens (including phenoxy) is 1. The Morgan fingerprint density at radius 3 is 2.58 bits per heavy atom. The van der Waals surface area contributed by atoms with Crippen molar-refractivity contribution in [3.8, 4) is 10.9 Å². The summed E-state index contributed by atoms with van der Waals surface area (Å²) in [6.45, 7) is 8.34. The topological polar surface area (TPSA) is 55.2 Å². The van der Waals surface area contributed by atoms with Gasteiger partial charge in [0.05, 0.1) is 6.61 Å². The Labute approximate surface area is 117 Å². The zero-order valence-electron chi connectivity index (χ0n) is 11.6. The van der Waals surface area contributed by atoms with Gasteiger partial charge in [-0.2, -0.15) is 0 Å². The van der Waals surface area contributed by atoms with Gasteiger partial charge in [0.2, 0.25) is 0 Å². The lowest BCUT2D eigenvalue weighted by Gasteiger charge is -2.22. The van der Waals surface area contributed by atoms with Crippen molar-refractivity contribution < 1.29 is 9.84 Å². The fraction of sp³-hybridized carbons (Fsp3) is 0.429. The summed E-state index contributed by atoms with van der Waals surface area (Å²) in [6, 6.07) is 6.16. The standard InChI is InChI=1S/C14H18N2O2S/c1-9-5-6-10(14(2,3)4)11(7-9)18-13-16-15-12(8-17)19-13/h5-7,17H,8H2,1-4H3. The van der Waals surface area contributed by atoms with Crippen LogP contribution >= 0.6 is 11.3 Å². The smallest absolute Gasteiger partial charge is 0.299 e. The van der Waals surface area contributed by atoms with E-state index in [2.05, 4.69) is 43.1 Å². The highest BCUT2D eigenvalue weighted by atomic mass is 32.1. The number of benzene rings is 1. The van der Waals surface area contributed by atoms with Gasteiger partial charge >= 0.3 is 0 Å². The zero-order valence-corrected chi connectivity index (χ0v) is 12.4. The van der Waals surface area contributed by atoms with Crippen molar-refractivity contribution in [2.24, 2.45) is 0 Å². The molecule has 0 atom stereocenters. The molecular formula is C14H18N2O2S. The highest BCUT2D eigenvalue weighted by Crippen LogP contribution is 2.35. The Bertz CT molecular complexity index is 573. The number of hydrogen-bond donors (Lipinski definition) is 1. The van der Waals surface area contributed by atoms with Gasteiger partial charge in [0.1, 0.15) is 10.8 Å². The summed E-state index contributed by atoms with van der Waals surface area (Å²) in [5.74, 6) is 0.799. The summed E-state index contributed by atoms with van der Waals surface area (Å²) in [6.07, 6.45) is 0. The molecule has 5 heteroatoms. The number of aryl methyl sites for hydroxylation is 1. The molecule has 1 N–H and O–H groups in total. The van der Waals surface area contributed by atoms with Crippen molar-refractivity contribution >= 4 is 11.3 Å². The molecule has 2 aromatic rings. The predicted molar refractivity (Wildman–Crippen MR) is 75.8 cm³/mol. The maximum atomic E-state index is 9.00. The molecule has 2 rings (SSSR count). The molecule has 1 heterocycles. The number of hydrogen-bond acceptors (Lipinski definition) is 5. The van der Waals surface area contributed by atoms with Crippen molar-refractivity contribution in [3.05, 3.63) is 34.3 Å². The summed E-state index contributed by atoms with van der Waals surface area (Å²) in [4.78, 5) is 0. The van der Waals surface area contributed by atoms with Crippen LogP contribution in [0.25, 0.3) is 0 Å². The van der Waals surface area contributed by atoms with Crippen LogP contribution in [0.4, 0.5) is 0 Å². The molecule has 0 aliphatic rings. The average Bonchev–Trinajstić information content (AvgIpc) is 2.75. The van der Waals surface area contributed by atoms with E-state index in [0.29, 0.717) is 10.2 Å². The molecule has 0 radical (unpaired) electrons. The molecule has 0 bridgehead atoms. The van der Waals surface area contributed by atoms with Gasteiger partial charge in [-0.05, 0) is 24.0 Å². The first-order valence-electron chi connectivity index (χ1n) is 6.12. The highest BCUT2D eigenvalue weighted by molar-refractivity contribution is 7.13. The molecule has 0 saturated carbocycles. The van der Waals surface area contributed by atoms with Crippen LogP contribution in [0.3, 0.4) is 0 Å². The molecule has 19 heavy (non-hydrogen) atoms. The first kappa shape index (κ1) is 14.0. The molecule has 0 unspecified atom stereocenters. The van der Waals surface area contributed by atoms with Crippen LogP contribution in [0.5, 0.6) is 10.9 Å². The Morgan fingerprint density at radius 2 is 2.00 bits per heavy atom. The van der Waals surface area contributed by atoms with Crippen molar-refractivity contribution in [1.29, 1.82) is 0 Å². The molecule has 0 fully saturated rings. The lowest BCUT2D eigenvalue weighted by Crippen LogP contribution is -2.12. The molecule has 102 valence electrons. The highest BCUT2D eigenvalue weighted by Gasteiger charge is 2.20. The quantitative estimate of drug-likeness (QED) is 0.934. The number of rotatable bonds is 3. The minimum Gasteiger partial charge on any atom is -0.429 e. The second kappa shape index (κ2) is 5.27. The van der Waals surface area contributed by atoms with E-state index in [0.717, 1.165) is 16.9 Å². The molecule has 0 amide bonds. The van der Waals surface area contributed by atoms with Crippen molar-refractivity contribution in [2.75, 3.05) is 0 Å². The van der Waals surface area contributed by atoms with Crippen LogP contribution in [0.15, 0.2) is 18.2 Å². The van der Waals surface area contributed by atoms with Crippen molar-refractivity contribution in [2.45, 2.75) is 39.7 Å². The van der Waals surface area contributed by atoms with Gasteiger partial charge in [0, 0.05) is 5.56 Å². The Hall–Kier alpha value is -1.46. The fourth-order valence-electron chi connectivity index (χ4n) is 1.77. The summed E-state index contributed by atoms with van der Waals surface area (Å²) >= 11 is 1.26. The minimum absolute atomic E-state index is 0.00642. The van der Waals surface area contributed by atoms with E-state index in [9.17, 15) is 0 Å². The van der Waals surface area contributed by atoms with E-state index >= 15 is 0 Å². The van der Waals surface area contributed by atoms with Gasteiger partial charge in [-0.3, -0.25) is 0 Å². The van der Waals surface area contributed by atoms with E-state index in [1.165, 1.54) is 11.3 Å². The zero-order chi connectivity index (χ0) is 14.0. The minimum atomic E-state index is -0.110. The van der Waals surface area contributed by atoms with Gasteiger partial charge in [-0.15, -0.1) is 5.10 Å². The maximum absolute atomic E-state index is 9.00. The summed E-state index contributed by atoms with van der Waals surface area (Å²) in [5.41, 5.74) is 2.25. The van der Waals surface area contributed by atoms with Gasteiger partial charge in [0.15, 0.2) is 0 Å². The SMILES string of the molecule is Cc1ccc(C(C)(C)C)c(Oc2nnc(CO)s2)c1. The molecule has 1 aromatic heterocycles. The number of aliphatic hydroxyl groups excluding tert-OH is 1. The average molecular weight is 278 g/mol. The first-order chi connectivity index (χ1) is 8.90. The lowest BCUT2D eigenvalue weighted by molar-refractivity contribution is 0.280. The molecule has 0 aliphatic heterocycles. The third kappa shape index (κ3) is 3.30. The summed E-state index contributed by atoms with van der Waals surface area (Å²) < 4.78 is 5.83. The second-order valence-corrected chi connectivity index (χ2v) is 6.50. The summed E-state index contributed by atoms with van der Waals surface area (Å²) in [5, 5.41) is 17.8. The van der Waals surface area contributed by atoms with Crippen molar-refractivity contribution in [3.63, 3.8) is 0 Å². The molecule has 4 nitrogen and oxygen atoms in total. The number of nitrogens with zero attached hydrogens (tertiary/aromatic N) is 2. The van der Waals surface area contributed by atoms with Crippen LogP contribution in [-0.2, 0) is 12.0 Å². The number of aliphatic hydroxyl groups is 1. The van der Waals surface area contributed by atoms with Gasteiger partial charge in [-0.1, -0.05) is 49.3 Å². The Balaban J connectivity index is 2.35. The van der Waals surface area contributed by atoms with E-state index in [1.807, 2.05) is 13.0 Å². The third-order valence-corrected chi connectivity index (χ3v) is 3.51. The van der Waals surface area contributed by atoms with E-state index in [-0.39, 0.29) is 12.0 Å².